The second kappa shape index (κ2) is 8.77. The lowest BCUT2D eigenvalue weighted by molar-refractivity contribution is -0.124. The van der Waals surface area contributed by atoms with E-state index in [1.165, 1.54) is 5.56 Å². The summed E-state index contributed by atoms with van der Waals surface area (Å²) < 4.78 is 1.96. The molecule has 1 fully saturated rings. The molecule has 32 heavy (non-hydrogen) atoms. The van der Waals surface area contributed by atoms with Gasteiger partial charge < -0.3 is 4.57 Å². The van der Waals surface area contributed by atoms with E-state index in [2.05, 4.69) is 41.6 Å². The number of thioether (sulfide) groups is 1. The van der Waals surface area contributed by atoms with Crippen molar-refractivity contribution in [2.24, 2.45) is 0 Å². The van der Waals surface area contributed by atoms with Crippen LogP contribution < -0.4 is 5.43 Å². The van der Waals surface area contributed by atoms with Crippen molar-refractivity contribution in [2.45, 2.75) is 12.3 Å². The molecule has 1 aliphatic heterocycles. The Balaban J connectivity index is 1.47. The summed E-state index contributed by atoms with van der Waals surface area (Å²) in [6.45, 7) is 2.06. The average molecular weight is 439 g/mol. The van der Waals surface area contributed by atoms with Crippen LogP contribution in [0.3, 0.4) is 0 Å². The molecule has 0 bridgehead atoms. The van der Waals surface area contributed by atoms with Gasteiger partial charge in [0.05, 0.1) is 16.9 Å². The first-order chi connectivity index (χ1) is 15.7. The Morgan fingerprint density at radius 3 is 2.41 bits per heavy atom. The predicted octanol–water partition coefficient (Wildman–Crippen LogP) is 5.82. The van der Waals surface area contributed by atoms with E-state index in [4.69, 9.17) is 0 Å². The van der Waals surface area contributed by atoms with Gasteiger partial charge in [-0.05, 0) is 48.4 Å². The van der Waals surface area contributed by atoms with Gasteiger partial charge in [0.2, 0.25) is 0 Å². The number of hydrogen-bond donors (Lipinski definition) is 1. The summed E-state index contributed by atoms with van der Waals surface area (Å²) in [4.78, 5) is 18.2. The summed E-state index contributed by atoms with van der Waals surface area (Å²) in [5.74, 6) is -0.0388. The third kappa shape index (κ3) is 4.18. The Morgan fingerprint density at radius 1 is 0.969 bits per heavy atom. The summed E-state index contributed by atoms with van der Waals surface area (Å²) in [6.07, 6.45) is 7.40. The van der Waals surface area contributed by atoms with Crippen molar-refractivity contribution < 1.29 is 4.79 Å². The topological polar surface area (TPSA) is 50.2 Å². The number of carbonyl (C=O) groups is 1. The zero-order valence-corrected chi connectivity index (χ0v) is 18.4. The number of amides is 1. The molecule has 1 N–H and O–H groups in total. The lowest BCUT2D eigenvalue weighted by Gasteiger charge is -2.25. The standard InChI is InChI=1S/C26H22N4OS/c1-19-7-9-20(10-8-19)17-24-25(31)30(28-22-5-3-2-4-6-22)26(32-24)21-11-13-23(14-12-21)29-16-15-27-18-29/h2-18,26,28H,1H3/b24-17+. The van der Waals surface area contributed by atoms with E-state index in [-0.39, 0.29) is 11.3 Å². The molecule has 1 unspecified atom stereocenters. The van der Waals surface area contributed by atoms with Gasteiger partial charge in [0.25, 0.3) is 5.91 Å². The van der Waals surface area contributed by atoms with E-state index < -0.39 is 0 Å². The highest BCUT2D eigenvalue weighted by Crippen LogP contribution is 2.46. The van der Waals surface area contributed by atoms with Crippen LogP contribution in [0.2, 0.25) is 0 Å². The zero-order chi connectivity index (χ0) is 21.9. The third-order valence-corrected chi connectivity index (χ3v) is 6.53. The van der Waals surface area contributed by atoms with E-state index in [0.29, 0.717) is 4.91 Å². The Labute approximate surface area is 191 Å². The first-order valence-electron chi connectivity index (χ1n) is 10.4. The predicted molar refractivity (Wildman–Crippen MR) is 130 cm³/mol. The van der Waals surface area contributed by atoms with Gasteiger partial charge >= 0.3 is 0 Å². The largest absolute Gasteiger partial charge is 0.306 e. The Bertz CT molecular complexity index is 1230. The number of anilines is 1. The van der Waals surface area contributed by atoms with Crippen molar-refractivity contribution in [3.63, 3.8) is 0 Å². The highest BCUT2D eigenvalue weighted by atomic mass is 32.2. The van der Waals surface area contributed by atoms with Gasteiger partial charge in [-0.2, -0.15) is 0 Å². The molecule has 5 rings (SSSR count). The Morgan fingerprint density at radius 2 is 1.72 bits per heavy atom. The van der Waals surface area contributed by atoms with Gasteiger partial charge in [0, 0.05) is 18.1 Å². The van der Waals surface area contributed by atoms with Crippen LogP contribution in [-0.4, -0.2) is 20.5 Å². The number of hydrazine groups is 1. The van der Waals surface area contributed by atoms with Crippen molar-refractivity contribution in [3.05, 3.63) is 119 Å². The highest BCUT2D eigenvalue weighted by molar-refractivity contribution is 8.04. The molecule has 6 heteroatoms. The van der Waals surface area contributed by atoms with Gasteiger partial charge in [-0.15, -0.1) is 0 Å². The fourth-order valence-corrected chi connectivity index (χ4v) is 4.75. The minimum atomic E-state index is -0.184. The van der Waals surface area contributed by atoms with Gasteiger partial charge in [0.1, 0.15) is 5.37 Å². The van der Waals surface area contributed by atoms with Crippen LogP contribution >= 0.6 is 11.8 Å². The summed E-state index contributed by atoms with van der Waals surface area (Å²) in [7, 11) is 0. The highest BCUT2D eigenvalue weighted by Gasteiger charge is 2.37. The van der Waals surface area contributed by atoms with Crippen LogP contribution in [0.25, 0.3) is 11.8 Å². The van der Waals surface area contributed by atoms with Gasteiger partial charge in [-0.1, -0.05) is 71.9 Å². The lowest BCUT2D eigenvalue weighted by atomic mass is 10.1. The molecule has 5 nitrogen and oxygen atoms in total. The maximum Gasteiger partial charge on any atom is 0.280 e. The SMILES string of the molecule is Cc1ccc(/C=C2/SC(c3ccc(-n4ccnc4)cc3)N(Nc3ccccc3)C2=O)cc1. The summed E-state index contributed by atoms with van der Waals surface area (Å²) >= 11 is 1.56. The number of nitrogens with zero attached hydrogens (tertiary/aromatic N) is 3. The molecule has 0 spiro atoms. The molecule has 1 atom stereocenters. The fourth-order valence-electron chi connectivity index (χ4n) is 3.56. The molecular formula is C26H22N4OS. The monoisotopic (exact) mass is 438 g/mol. The molecule has 1 aliphatic rings. The number of para-hydroxylation sites is 1. The number of benzene rings is 3. The van der Waals surface area contributed by atoms with Crippen molar-refractivity contribution in [2.75, 3.05) is 5.43 Å². The molecular weight excluding hydrogens is 416 g/mol. The summed E-state index contributed by atoms with van der Waals surface area (Å²) in [5, 5.41) is 1.53. The van der Waals surface area contributed by atoms with Crippen LogP contribution in [0.4, 0.5) is 5.69 Å². The smallest absolute Gasteiger partial charge is 0.280 e. The third-order valence-electron chi connectivity index (χ3n) is 5.28. The molecule has 0 radical (unpaired) electrons. The van der Waals surface area contributed by atoms with E-state index in [1.54, 1.807) is 29.3 Å². The average Bonchev–Trinajstić information content (AvgIpc) is 3.46. The molecule has 2 heterocycles. The van der Waals surface area contributed by atoms with E-state index in [9.17, 15) is 4.79 Å². The van der Waals surface area contributed by atoms with Crippen molar-refractivity contribution >= 4 is 29.4 Å². The number of aromatic nitrogens is 2. The Hall–Kier alpha value is -3.77. The summed E-state index contributed by atoms with van der Waals surface area (Å²) in [6, 6.07) is 26.2. The molecule has 4 aromatic rings. The number of imidazole rings is 1. The van der Waals surface area contributed by atoms with Crippen LogP contribution in [0.15, 0.2) is 102 Å². The van der Waals surface area contributed by atoms with E-state index >= 15 is 0 Å². The molecule has 0 saturated carbocycles. The van der Waals surface area contributed by atoms with Gasteiger partial charge in [0.15, 0.2) is 0 Å². The van der Waals surface area contributed by atoms with Crippen LogP contribution in [0.5, 0.6) is 0 Å². The second-order valence-corrected chi connectivity index (χ2v) is 8.73. The summed E-state index contributed by atoms with van der Waals surface area (Å²) in [5.41, 5.74) is 8.47. The number of hydrogen-bond acceptors (Lipinski definition) is 4. The maximum atomic E-state index is 13.4. The Kier molecular flexibility index (Phi) is 5.52. The van der Waals surface area contributed by atoms with Crippen LogP contribution in [0.1, 0.15) is 22.1 Å². The fraction of sp³-hybridized carbons (Fsp3) is 0.0769. The van der Waals surface area contributed by atoms with Crippen molar-refractivity contribution in [3.8, 4) is 5.69 Å². The number of aryl methyl sites for hydroxylation is 1. The normalized spacial score (nSPS) is 17.2. The maximum absolute atomic E-state index is 13.4. The van der Waals surface area contributed by atoms with Gasteiger partial charge in [-0.3, -0.25) is 10.2 Å². The van der Waals surface area contributed by atoms with Crippen molar-refractivity contribution in [1.29, 1.82) is 0 Å². The molecule has 1 saturated heterocycles. The number of rotatable bonds is 5. The number of nitrogens with one attached hydrogen (secondary N) is 1. The minimum absolute atomic E-state index is 0.0388. The zero-order valence-electron chi connectivity index (χ0n) is 17.6. The molecule has 158 valence electrons. The lowest BCUT2D eigenvalue weighted by Crippen LogP contribution is -2.33. The second-order valence-electron chi connectivity index (χ2n) is 7.60. The van der Waals surface area contributed by atoms with E-state index in [0.717, 1.165) is 22.5 Å². The van der Waals surface area contributed by atoms with Crippen LogP contribution in [0, 0.1) is 6.92 Å². The molecule has 0 aliphatic carbocycles. The first kappa shape index (κ1) is 20.2. The molecule has 3 aromatic carbocycles. The quantitative estimate of drug-likeness (QED) is 0.399. The van der Waals surface area contributed by atoms with Crippen molar-refractivity contribution in [1.82, 2.24) is 14.6 Å². The minimum Gasteiger partial charge on any atom is -0.306 e. The first-order valence-corrected chi connectivity index (χ1v) is 11.2. The molecule has 1 amide bonds. The van der Waals surface area contributed by atoms with E-state index in [1.807, 2.05) is 71.4 Å². The molecule has 1 aromatic heterocycles. The van der Waals surface area contributed by atoms with Crippen LogP contribution in [-0.2, 0) is 4.79 Å². The number of carbonyl (C=O) groups excluding carboxylic acids is 1. The van der Waals surface area contributed by atoms with Gasteiger partial charge in [-0.25, -0.2) is 9.99 Å².